The predicted molar refractivity (Wildman–Crippen MR) is 77.4 cm³/mol. The summed E-state index contributed by atoms with van der Waals surface area (Å²) in [6.07, 6.45) is 1.000. The molecule has 0 fully saturated rings. The van der Waals surface area contributed by atoms with E-state index in [1.54, 1.807) is 18.0 Å². The predicted octanol–water partition coefficient (Wildman–Crippen LogP) is 3.06. The summed E-state index contributed by atoms with van der Waals surface area (Å²) in [5, 5.41) is 14.8. The maximum Gasteiger partial charge on any atom is 0.122 e. The van der Waals surface area contributed by atoms with Gasteiger partial charge in [0.1, 0.15) is 11.9 Å². The van der Waals surface area contributed by atoms with E-state index in [-0.39, 0.29) is 0 Å². The second-order valence-electron chi connectivity index (χ2n) is 4.33. The molecule has 0 saturated carbocycles. The lowest BCUT2D eigenvalue weighted by Gasteiger charge is -2.15. The second-order valence-corrected chi connectivity index (χ2v) is 5.18. The van der Waals surface area contributed by atoms with Crippen molar-refractivity contribution in [3.8, 4) is 5.75 Å². The van der Waals surface area contributed by atoms with E-state index in [1.807, 2.05) is 32.0 Å². The topological polar surface area (TPSA) is 47.3 Å². The molecule has 1 heterocycles. The smallest absolute Gasteiger partial charge is 0.122 e. The molecule has 1 atom stereocenters. The van der Waals surface area contributed by atoms with Gasteiger partial charge in [0.15, 0.2) is 0 Å². The lowest BCUT2D eigenvalue weighted by Crippen LogP contribution is -2.10. The standard InChI is InChI=1S/C14H17BrN2O2/c1-4-17-13(11(15)8-16-17)14(18)10-5-6-12(19-3)9(2)7-10/h5-8,14,18H,4H2,1-3H3. The first-order valence-electron chi connectivity index (χ1n) is 6.12. The van der Waals surface area contributed by atoms with Crippen LogP contribution >= 0.6 is 15.9 Å². The molecule has 1 aromatic heterocycles. The SMILES string of the molecule is CCn1ncc(Br)c1C(O)c1ccc(OC)c(C)c1. The number of aromatic nitrogens is 2. The van der Waals surface area contributed by atoms with Crippen molar-refractivity contribution in [3.63, 3.8) is 0 Å². The number of hydrogen-bond donors (Lipinski definition) is 1. The first-order chi connectivity index (χ1) is 9.08. The van der Waals surface area contributed by atoms with Gasteiger partial charge in [-0.25, -0.2) is 0 Å². The Morgan fingerprint density at radius 3 is 2.79 bits per heavy atom. The van der Waals surface area contributed by atoms with E-state index in [0.717, 1.165) is 27.0 Å². The molecular formula is C14H17BrN2O2. The maximum atomic E-state index is 10.5. The number of aryl methyl sites for hydroxylation is 2. The molecule has 0 saturated heterocycles. The number of halogens is 1. The third kappa shape index (κ3) is 2.67. The first-order valence-corrected chi connectivity index (χ1v) is 6.91. The molecule has 0 radical (unpaired) electrons. The van der Waals surface area contributed by atoms with E-state index >= 15 is 0 Å². The lowest BCUT2D eigenvalue weighted by molar-refractivity contribution is 0.207. The summed E-state index contributed by atoms with van der Waals surface area (Å²) in [6, 6.07) is 5.67. The molecular weight excluding hydrogens is 308 g/mol. The van der Waals surface area contributed by atoms with Gasteiger partial charge in [0.25, 0.3) is 0 Å². The third-order valence-electron chi connectivity index (χ3n) is 3.13. The van der Waals surface area contributed by atoms with Gasteiger partial charge >= 0.3 is 0 Å². The van der Waals surface area contributed by atoms with E-state index in [9.17, 15) is 5.11 Å². The maximum absolute atomic E-state index is 10.5. The highest BCUT2D eigenvalue weighted by Crippen LogP contribution is 2.30. The van der Waals surface area contributed by atoms with Gasteiger partial charge in [0.05, 0.1) is 23.5 Å². The summed E-state index contributed by atoms with van der Waals surface area (Å²) in [5.41, 5.74) is 2.60. The fraction of sp³-hybridized carbons (Fsp3) is 0.357. The number of benzene rings is 1. The van der Waals surface area contributed by atoms with Crippen LogP contribution in [0, 0.1) is 6.92 Å². The minimum absolute atomic E-state index is 0.707. The molecule has 102 valence electrons. The van der Waals surface area contributed by atoms with Crippen LogP contribution in [0.3, 0.4) is 0 Å². The first kappa shape index (κ1) is 14.1. The fourth-order valence-corrected chi connectivity index (χ4v) is 2.64. The molecule has 0 bridgehead atoms. The van der Waals surface area contributed by atoms with Crippen molar-refractivity contribution in [1.29, 1.82) is 0 Å². The van der Waals surface area contributed by atoms with Crippen LogP contribution in [0.4, 0.5) is 0 Å². The molecule has 0 aliphatic rings. The summed E-state index contributed by atoms with van der Waals surface area (Å²) in [4.78, 5) is 0. The normalized spacial score (nSPS) is 12.5. The van der Waals surface area contributed by atoms with Crippen LogP contribution in [0.25, 0.3) is 0 Å². The van der Waals surface area contributed by atoms with Crippen LogP contribution in [0.2, 0.25) is 0 Å². The number of hydrogen-bond acceptors (Lipinski definition) is 3. The van der Waals surface area contributed by atoms with Crippen molar-refractivity contribution in [2.24, 2.45) is 0 Å². The molecule has 4 nitrogen and oxygen atoms in total. The minimum Gasteiger partial charge on any atom is -0.496 e. The molecule has 5 heteroatoms. The van der Waals surface area contributed by atoms with Crippen LogP contribution in [-0.4, -0.2) is 22.0 Å². The van der Waals surface area contributed by atoms with Gasteiger partial charge in [-0.05, 0) is 53.0 Å². The van der Waals surface area contributed by atoms with Gasteiger partial charge in [-0.1, -0.05) is 6.07 Å². The van der Waals surface area contributed by atoms with Gasteiger partial charge in [0.2, 0.25) is 0 Å². The number of rotatable bonds is 4. The van der Waals surface area contributed by atoms with Crippen molar-refractivity contribution < 1.29 is 9.84 Å². The quantitative estimate of drug-likeness (QED) is 0.940. The molecule has 0 aliphatic carbocycles. The van der Waals surface area contributed by atoms with Crippen LogP contribution in [0.5, 0.6) is 5.75 Å². The zero-order chi connectivity index (χ0) is 14.0. The molecule has 1 unspecified atom stereocenters. The number of aliphatic hydroxyl groups excluding tert-OH is 1. The van der Waals surface area contributed by atoms with Crippen LogP contribution < -0.4 is 4.74 Å². The monoisotopic (exact) mass is 324 g/mol. The Morgan fingerprint density at radius 1 is 1.47 bits per heavy atom. The summed E-state index contributed by atoms with van der Waals surface area (Å²) in [6.45, 7) is 4.67. The van der Waals surface area contributed by atoms with E-state index in [4.69, 9.17) is 4.74 Å². The van der Waals surface area contributed by atoms with Crippen LogP contribution in [-0.2, 0) is 6.54 Å². The molecule has 2 rings (SSSR count). The number of aliphatic hydroxyl groups is 1. The average molecular weight is 325 g/mol. The highest BCUT2D eigenvalue weighted by molar-refractivity contribution is 9.10. The van der Waals surface area contributed by atoms with Crippen molar-refractivity contribution in [3.05, 3.63) is 45.7 Å². The van der Waals surface area contributed by atoms with Crippen molar-refractivity contribution in [1.82, 2.24) is 9.78 Å². The lowest BCUT2D eigenvalue weighted by atomic mass is 10.0. The molecule has 0 amide bonds. The Bertz CT molecular complexity index is 581. The highest BCUT2D eigenvalue weighted by atomic mass is 79.9. The van der Waals surface area contributed by atoms with Gasteiger partial charge < -0.3 is 9.84 Å². The van der Waals surface area contributed by atoms with Gasteiger partial charge in [-0.15, -0.1) is 0 Å². The molecule has 0 spiro atoms. The van der Waals surface area contributed by atoms with E-state index in [2.05, 4.69) is 21.0 Å². The number of nitrogens with zero attached hydrogens (tertiary/aromatic N) is 2. The zero-order valence-corrected chi connectivity index (χ0v) is 12.8. The molecule has 2 aromatic rings. The molecule has 0 aliphatic heterocycles. The fourth-order valence-electron chi connectivity index (χ4n) is 2.13. The van der Waals surface area contributed by atoms with E-state index < -0.39 is 6.10 Å². The Kier molecular flexibility index (Phi) is 4.27. The van der Waals surface area contributed by atoms with E-state index in [1.165, 1.54) is 0 Å². The van der Waals surface area contributed by atoms with Crippen molar-refractivity contribution in [2.45, 2.75) is 26.5 Å². The third-order valence-corrected chi connectivity index (χ3v) is 3.74. The van der Waals surface area contributed by atoms with Crippen LogP contribution in [0.15, 0.2) is 28.9 Å². The minimum atomic E-state index is -0.707. The molecule has 19 heavy (non-hydrogen) atoms. The van der Waals surface area contributed by atoms with Gasteiger partial charge in [-0.2, -0.15) is 5.10 Å². The largest absolute Gasteiger partial charge is 0.496 e. The summed E-state index contributed by atoms with van der Waals surface area (Å²) in [5.74, 6) is 0.819. The summed E-state index contributed by atoms with van der Waals surface area (Å²) < 4.78 is 7.83. The summed E-state index contributed by atoms with van der Waals surface area (Å²) >= 11 is 3.43. The Morgan fingerprint density at radius 2 is 2.21 bits per heavy atom. The highest BCUT2D eigenvalue weighted by Gasteiger charge is 2.19. The second kappa shape index (κ2) is 5.75. The number of methoxy groups -OCH3 is 1. The average Bonchev–Trinajstić information content (AvgIpc) is 2.78. The summed E-state index contributed by atoms with van der Waals surface area (Å²) in [7, 11) is 1.64. The Hall–Kier alpha value is -1.33. The molecule has 1 aromatic carbocycles. The number of ether oxygens (including phenoxy) is 1. The molecule has 1 N–H and O–H groups in total. The van der Waals surface area contributed by atoms with Crippen molar-refractivity contribution >= 4 is 15.9 Å². The zero-order valence-electron chi connectivity index (χ0n) is 11.2. The van der Waals surface area contributed by atoms with E-state index in [0.29, 0.717) is 6.54 Å². The van der Waals surface area contributed by atoms with Gasteiger partial charge in [-0.3, -0.25) is 4.68 Å². The Labute approximate surface area is 121 Å². The van der Waals surface area contributed by atoms with Gasteiger partial charge in [0, 0.05) is 6.54 Å². The van der Waals surface area contributed by atoms with Crippen molar-refractivity contribution in [2.75, 3.05) is 7.11 Å². The van der Waals surface area contributed by atoms with Crippen LogP contribution in [0.1, 0.15) is 29.8 Å². The Balaban J connectivity index is 2.41.